The van der Waals surface area contributed by atoms with Crippen molar-refractivity contribution in [1.82, 2.24) is 14.6 Å². The Morgan fingerprint density at radius 2 is 1.93 bits per heavy atom. The summed E-state index contributed by atoms with van der Waals surface area (Å²) in [4.78, 5) is 17.4. The molecule has 4 aromatic rings. The fraction of sp³-hybridized carbons (Fsp3) is 0.406. The summed E-state index contributed by atoms with van der Waals surface area (Å²) in [5.41, 5.74) is 5.57. The predicted octanol–water partition coefficient (Wildman–Crippen LogP) is 6.38. The van der Waals surface area contributed by atoms with Gasteiger partial charge in [-0.05, 0) is 78.0 Å². The van der Waals surface area contributed by atoms with Crippen molar-refractivity contribution in [3.05, 3.63) is 75.7 Å². The summed E-state index contributed by atoms with van der Waals surface area (Å²) in [6.07, 6.45) is 0.892. The van der Waals surface area contributed by atoms with E-state index in [1.165, 1.54) is 17.2 Å². The Morgan fingerprint density at radius 1 is 1.20 bits per heavy atom. The maximum atomic E-state index is 15.5. The zero-order valence-electron chi connectivity index (χ0n) is 24.5. The maximum Gasteiger partial charge on any atom is 0.337 e. The summed E-state index contributed by atoms with van der Waals surface area (Å²) in [5.74, 6) is -0.791. The molecule has 2 aromatic heterocycles. The number of hydrogen-bond donors (Lipinski definition) is 2. The number of carbonyl (C=O) groups is 1. The molecule has 1 atom stereocenters. The van der Waals surface area contributed by atoms with Gasteiger partial charge in [-0.1, -0.05) is 29.8 Å². The lowest BCUT2D eigenvalue weighted by Crippen LogP contribution is -2.29. The fourth-order valence-corrected chi connectivity index (χ4v) is 5.37. The number of anilines is 1. The Labute approximate surface area is 239 Å². The van der Waals surface area contributed by atoms with Gasteiger partial charge in [-0.15, -0.1) is 5.10 Å². The van der Waals surface area contributed by atoms with E-state index in [2.05, 4.69) is 36.5 Å². The van der Waals surface area contributed by atoms with E-state index in [9.17, 15) is 9.90 Å². The van der Waals surface area contributed by atoms with Gasteiger partial charge in [-0.3, -0.25) is 0 Å². The molecule has 0 saturated carbocycles. The van der Waals surface area contributed by atoms with E-state index >= 15 is 4.39 Å². The van der Waals surface area contributed by atoms with Crippen LogP contribution in [0.5, 0.6) is 5.75 Å². The summed E-state index contributed by atoms with van der Waals surface area (Å²) in [5, 5.41) is 18.5. The highest BCUT2D eigenvalue weighted by atomic mass is 19.1. The third-order valence-electron chi connectivity index (χ3n) is 7.32. The van der Waals surface area contributed by atoms with Gasteiger partial charge in [0, 0.05) is 35.0 Å². The monoisotopic (exact) mass is 560 g/mol. The van der Waals surface area contributed by atoms with E-state index in [1.54, 1.807) is 32.2 Å². The Morgan fingerprint density at radius 3 is 2.61 bits per heavy atom. The van der Waals surface area contributed by atoms with Crippen molar-refractivity contribution in [3.63, 3.8) is 0 Å². The number of halogens is 1. The first-order chi connectivity index (χ1) is 19.4. The van der Waals surface area contributed by atoms with Crippen LogP contribution in [0.2, 0.25) is 0 Å². The van der Waals surface area contributed by atoms with Gasteiger partial charge in [-0.25, -0.2) is 18.7 Å². The molecule has 0 unspecified atom stereocenters. The largest absolute Gasteiger partial charge is 0.490 e. The highest BCUT2D eigenvalue weighted by molar-refractivity contribution is 5.82. The molecule has 5 rings (SSSR count). The summed E-state index contributed by atoms with van der Waals surface area (Å²) in [6, 6.07) is 11.6. The van der Waals surface area contributed by atoms with Gasteiger partial charge in [0.05, 0.1) is 17.9 Å². The van der Waals surface area contributed by atoms with E-state index in [0.29, 0.717) is 53.6 Å². The number of ether oxygens (including phenoxy) is 2. The first-order valence-electron chi connectivity index (χ1n) is 14.0. The summed E-state index contributed by atoms with van der Waals surface area (Å²) >= 11 is 0. The lowest BCUT2D eigenvalue weighted by Gasteiger charge is -2.28. The van der Waals surface area contributed by atoms with Gasteiger partial charge in [0.2, 0.25) is 0 Å². The van der Waals surface area contributed by atoms with E-state index in [1.807, 2.05) is 13.0 Å². The molecule has 1 aliphatic rings. The molecule has 2 N–H and O–H groups in total. The molecule has 0 aliphatic carbocycles. The molecular formula is C32H37FN4O4. The molecule has 0 saturated heterocycles. The number of aromatic nitrogens is 3. The van der Waals surface area contributed by atoms with Gasteiger partial charge >= 0.3 is 5.97 Å². The molecule has 0 spiro atoms. The second-order valence-corrected chi connectivity index (χ2v) is 11.7. The molecule has 9 heteroatoms. The molecule has 216 valence electrons. The van der Waals surface area contributed by atoms with Crippen molar-refractivity contribution in [2.75, 3.05) is 18.5 Å². The normalized spacial score (nSPS) is 14.0. The van der Waals surface area contributed by atoms with Gasteiger partial charge in [0.15, 0.2) is 29.1 Å². The SMILES string of the molecule is Cc1ccc(CCNc2cc3nc(C)c([C@H](OC(C)(C)C)C(=O)O)c(-c4cc(F)c5c(c4C)CCCO5)n3n2)cc1. The Balaban J connectivity index is 1.66. The van der Waals surface area contributed by atoms with Crippen LogP contribution < -0.4 is 10.1 Å². The molecule has 0 radical (unpaired) electrons. The Kier molecular flexibility index (Phi) is 7.74. The molecule has 0 amide bonds. The first-order valence-corrected chi connectivity index (χ1v) is 14.0. The minimum atomic E-state index is -1.35. The minimum Gasteiger partial charge on any atom is -0.490 e. The van der Waals surface area contributed by atoms with Gasteiger partial charge < -0.3 is 19.9 Å². The number of hydrogen-bond acceptors (Lipinski definition) is 6. The van der Waals surface area contributed by atoms with Crippen LogP contribution in [0.4, 0.5) is 10.2 Å². The Bertz CT molecular complexity index is 1610. The number of rotatable bonds is 8. The number of nitrogens with zero attached hydrogens (tertiary/aromatic N) is 3. The standard InChI is InChI=1S/C32H37FN4O4/c1-18-9-11-21(12-10-18)13-14-34-25-17-26-35-20(3)27(30(31(38)39)41-32(4,5)6)28(37(26)36-25)23-16-24(33)29-22(19(23)2)8-7-15-40-29/h9-12,16-17,30H,7-8,13-15H2,1-6H3,(H,34,36)(H,38,39)/t30-/m0/s1. The van der Waals surface area contributed by atoms with Crippen molar-refractivity contribution in [3.8, 4) is 17.0 Å². The molecule has 0 bridgehead atoms. The first kappa shape index (κ1) is 28.5. The lowest BCUT2D eigenvalue weighted by molar-refractivity contribution is -0.160. The molecule has 0 fully saturated rings. The van der Waals surface area contributed by atoms with Gasteiger partial charge in [0.25, 0.3) is 0 Å². The van der Waals surface area contributed by atoms with Crippen molar-refractivity contribution in [2.24, 2.45) is 0 Å². The number of aryl methyl sites for hydroxylation is 2. The smallest absolute Gasteiger partial charge is 0.337 e. The van der Waals surface area contributed by atoms with Crippen molar-refractivity contribution in [2.45, 2.75) is 72.5 Å². The van der Waals surface area contributed by atoms with Crippen LogP contribution >= 0.6 is 0 Å². The zero-order valence-corrected chi connectivity index (χ0v) is 24.5. The number of carboxylic acids is 1. The second-order valence-electron chi connectivity index (χ2n) is 11.7. The third-order valence-corrected chi connectivity index (χ3v) is 7.32. The van der Waals surface area contributed by atoms with Crippen LogP contribution in [0.3, 0.4) is 0 Å². The average Bonchev–Trinajstić information content (AvgIpc) is 3.31. The average molecular weight is 561 g/mol. The maximum absolute atomic E-state index is 15.5. The number of benzene rings is 2. The molecular weight excluding hydrogens is 523 g/mol. The van der Waals surface area contributed by atoms with Gasteiger partial charge in [0.1, 0.15) is 0 Å². The van der Waals surface area contributed by atoms with Crippen molar-refractivity contribution < 1.29 is 23.8 Å². The molecule has 8 nitrogen and oxygen atoms in total. The van der Waals surface area contributed by atoms with E-state index in [4.69, 9.17) is 19.6 Å². The second kappa shape index (κ2) is 11.1. The quantitative estimate of drug-likeness (QED) is 0.258. The zero-order chi connectivity index (χ0) is 29.5. The van der Waals surface area contributed by atoms with Crippen LogP contribution in [0.1, 0.15) is 66.8 Å². The Hall–Kier alpha value is -3.98. The van der Waals surface area contributed by atoms with Crippen LogP contribution in [0, 0.1) is 26.6 Å². The number of fused-ring (bicyclic) bond motifs is 2. The summed E-state index contributed by atoms with van der Waals surface area (Å²) < 4.78 is 28.8. The highest BCUT2D eigenvalue weighted by Crippen LogP contribution is 2.41. The fourth-order valence-electron chi connectivity index (χ4n) is 5.37. The summed E-state index contributed by atoms with van der Waals surface area (Å²) in [6.45, 7) is 12.2. The van der Waals surface area contributed by atoms with Gasteiger partial charge in [-0.2, -0.15) is 0 Å². The number of nitrogens with one attached hydrogen (secondary N) is 1. The molecule has 1 aliphatic heterocycles. The van der Waals surface area contributed by atoms with E-state index < -0.39 is 23.5 Å². The number of carboxylic acid groups (broad SMARTS) is 1. The predicted molar refractivity (Wildman–Crippen MR) is 156 cm³/mol. The number of aliphatic carboxylic acids is 1. The topological polar surface area (TPSA) is 98.0 Å². The minimum absolute atomic E-state index is 0.265. The molecule has 3 heterocycles. The summed E-state index contributed by atoms with van der Waals surface area (Å²) in [7, 11) is 0. The van der Waals surface area contributed by atoms with E-state index in [0.717, 1.165) is 24.0 Å². The van der Waals surface area contributed by atoms with Crippen molar-refractivity contribution >= 4 is 17.4 Å². The van der Waals surface area contributed by atoms with Crippen molar-refractivity contribution in [1.29, 1.82) is 0 Å². The lowest BCUT2D eigenvalue weighted by atomic mass is 9.91. The van der Waals surface area contributed by atoms with Crippen LogP contribution in [0.15, 0.2) is 36.4 Å². The van der Waals surface area contributed by atoms with Crippen LogP contribution in [-0.4, -0.2) is 44.4 Å². The van der Waals surface area contributed by atoms with Crippen LogP contribution in [0.25, 0.3) is 16.9 Å². The van der Waals surface area contributed by atoms with Crippen LogP contribution in [-0.2, 0) is 22.4 Å². The third kappa shape index (κ3) is 5.91. The van der Waals surface area contributed by atoms with E-state index in [-0.39, 0.29) is 5.75 Å². The molecule has 41 heavy (non-hydrogen) atoms. The molecule has 2 aromatic carbocycles. The highest BCUT2D eigenvalue weighted by Gasteiger charge is 2.34.